The molecule has 1 aliphatic rings. The molecule has 0 aromatic carbocycles. The maximum Gasteiger partial charge on any atom is 0.166 e. The van der Waals surface area contributed by atoms with Gasteiger partial charge in [-0.3, -0.25) is 0 Å². The summed E-state index contributed by atoms with van der Waals surface area (Å²) in [5.41, 5.74) is 2.00. The normalized spacial score (nSPS) is 14.9. The van der Waals surface area contributed by atoms with Gasteiger partial charge in [0.05, 0.1) is 11.8 Å². The number of anilines is 1. The fourth-order valence-corrected chi connectivity index (χ4v) is 1.79. The van der Waals surface area contributed by atoms with Crippen LogP contribution in [0, 0.1) is 11.3 Å². The lowest BCUT2D eigenvalue weighted by Crippen LogP contribution is -2.21. The van der Waals surface area contributed by atoms with Crippen LogP contribution in [0.1, 0.15) is 18.4 Å². The van der Waals surface area contributed by atoms with Gasteiger partial charge in [0.25, 0.3) is 0 Å². The lowest BCUT2D eigenvalue weighted by atomic mass is 10.1. The number of nitrogens with one attached hydrogen (secondary N) is 2. The van der Waals surface area contributed by atoms with Crippen LogP contribution in [0.5, 0.6) is 0 Å². The molecule has 1 aromatic rings. The zero-order valence-electron chi connectivity index (χ0n) is 9.61. The smallest absolute Gasteiger partial charge is 0.166 e. The largest absolute Gasteiger partial charge is 0.367 e. The van der Waals surface area contributed by atoms with Crippen molar-refractivity contribution in [1.29, 1.82) is 5.26 Å². The molecule has 0 unspecified atom stereocenters. The first-order valence-corrected chi connectivity index (χ1v) is 5.74. The van der Waals surface area contributed by atoms with E-state index in [2.05, 4.69) is 33.0 Å². The molecule has 0 bridgehead atoms. The molecule has 5 heteroatoms. The van der Waals surface area contributed by atoms with Crippen LogP contribution in [0.4, 0.5) is 5.82 Å². The van der Waals surface area contributed by atoms with E-state index in [1.807, 2.05) is 0 Å². The molecule has 88 valence electrons. The maximum atomic E-state index is 8.89. The number of nitriles is 1. The zero-order chi connectivity index (χ0) is 11.9. The average Bonchev–Trinajstić information content (AvgIpc) is 2.40. The second kappa shape index (κ2) is 5.97. The Hall–Kier alpha value is -1.93. The molecule has 17 heavy (non-hydrogen) atoms. The molecule has 5 nitrogen and oxygen atoms in total. The summed E-state index contributed by atoms with van der Waals surface area (Å²) in [6, 6.07) is 3.76. The van der Waals surface area contributed by atoms with Crippen molar-refractivity contribution in [2.75, 3.05) is 25.0 Å². The van der Waals surface area contributed by atoms with E-state index in [0.717, 1.165) is 32.5 Å². The summed E-state index contributed by atoms with van der Waals surface area (Å²) in [4.78, 5) is 0. The van der Waals surface area contributed by atoms with Crippen LogP contribution < -0.4 is 10.6 Å². The molecule has 0 saturated carbocycles. The van der Waals surface area contributed by atoms with Gasteiger partial charge in [-0.1, -0.05) is 11.6 Å². The van der Waals surface area contributed by atoms with Crippen LogP contribution in [0.2, 0.25) is 0 Å². The first-order chi connectivity index (χ1) is 8.40. The van der Waals surface area contributed by atoms with E-state index in [1.54, 1.807) is 6.07 Å². The Morgan fingerprint density at radius 3 is 3.24 bits per heavy atom. The lowest BCUT2D eigenvalue weighted by Gasteiger charge is -2.14. The van der Waals surface area contributed by atoms with Gasteiger partial charge in [-0.15, -0.1) is 5.10 Å². The minimum atomic E-state index is 0.541. The van der Waals surface area contributed by atoms with E-state index in [-0.39, 0.29) is 0 Å². The Morgan fingerprint density at radius 2 is 2.47 bits per heavy atom. The average molecular weight is 229 g/mol. The van der Waals surface area contributed by atoms with Gasteiger partial charge >= 0.3 is 0 Å². The van der Waals surface area contributed by atoms with Gasteiger partial charge in [0.1, 0.15) is 6.07 Å². The highest BCUT2D eigenvalue weighted by Gasteiger charge is 2.05. The summed E-state index contributed by atoms with van der Waals surface area (Å²) in [6.07, 6.45) is 5.85. The molecule has 1 aromatic heterocycles. The minimum absolute atomic E-state index is 0.541. The molecule has 2 N–H and O–H groups in total. The van der Waals surface area contributed by atoms with Crippen LogP contribution in [0.3, 0.4) is 0 Å². The standard InChI is InChI=1S/C12H15N5/c13-9-11-4-8-16-17-12(11)15-7-3-10-1-5-14-6-2-10/h1,4,8,14H,2-3,5-7H2,(H,15,17). The Morgan fingerprint density at radius 1 is 1.53 bits per heavy atom. The second-order valence-corrected chi connectivity index (χ2v) is 3.90. The van der Waals surface area contributed by atoms with E-state index in [1.165, 1.54) is 11.8 Å². The first kappa shape index (κ1) is 11.6. The molecule has 2 rings (SSSR count). The Labute approximate surface area is 101 Å². The lowest BCUT2D eigenvalue weighted by molar-refractivity contribution is 0.683. The molecular formula is C12H15N5. The van der Waals surface area contributed by atoms with Crippen molar-refractivity contribution in [2.45, 2.75) is 12.8 Å². The summed E-state index contributed by atoms with van der Waals surface area (Å²) in [5, 5.41) is 23.0. The summed E-state index contributed by atoms with van der Waals surface area (Å²) >= 11 is 0. The quantitative estimate of drug-likeness (QED) is 0.755. The summed E-state index contributed by atoms with van der Waals surface area (Å²) in [7, 11) is 0. The van der Waals surface area contributed by atoms with E-state index in [0.29, 0.717) is 11.4 Å². The third kappa shape index (κ3) is 3.26. The fourth-order valence-electron chi connectivity index (χ4n) is 1.79. The number of aromatic nitrogens is 2. The Bertz CT molecular complexity index is 446. The predicted molar refractivity (Wildman–Crippen MR) is 65.4 cm³/mol. The fraction of sp³-hybridized carbons (Fsp3) is 0.417. The molecule has 1 aliphatic heterocycles. The zero-order valence-corrected chi connectivity index (χ0v) is 9.61. The minimum Gasteiger partial charge on any atom is -0.367 e. The molecule has 2 heterocycles. The summed E-state index contributed by atoms with van der Waals surface area (Å²) in [5.74, 6) is 0.574. The molecule has 0 saturated heterocycles. The van der Waals surface area contributed by atoms with Crippen LogP contribution >= 0.6 is 0 Å². The molecule has 0 amide bonds. The van der Waals surface area contributed by atoms with Gasteiger partial charge in [0, 0.05) is 13.1 Å². The van der Waals surface area contributed by atoms with Crippen LogP contribution in [-0.2, 0) is 0 Å². The summed E-state index contributed by atoms with van der Waals surface area (Å²) < 4.78 is 0. The maximum absolute atomic E-state index is 8.89. The number of hydrogen-bond donors (Lipinski definition) is 2. The van der Waals surface area contributed by atoms with Gasteiger partial charge in [-0.2, -0.15) is 10.4 Å². The van der Waals surface area contributed by atoms with E-state index >= 15 is 0 Å². The molecule has 0 aliphatic carbocycles. The Kier molecular flexibility index (Phi) is 4.05. The van der Waals surface area contributed by atoms with Crippen molar-refractivity contribution < 1.29 is 0 Å². The van der Waals surface area contributed by atoms with Crippen molar-refractivity contribution in [3.05, 3.63) is 29.5 Å². The van der Waals surface area contributed by atoms with Crippen molar-refractivity contribution in [1.82, 2.24) is 15.5 Å². The van der Waals surface area contributed by atoms with Gasteiger partial charge in [0.15, 0.2) is 5.82 Å². The molecule has 0 atom stereocenters. The van der Waals surface area contributed by atoms with Gasteiger partial charge in [0.2, 0.25) is 0 Å². The molecule has 0 spiro atoms. The van der Waals surface area contributed by atoms with Crippen LogP contribution in [0.15, 0.2) is 23.9 Å². The first-order valence-electron chi connectivity index (χ1n) is 5.74. The number of nitrogens with zero attached hydrogens (tertiary/aromatic N) is 3. The van der Waals surface area contributed by atoms with Gasteiger partial charge in [-0.25, -0.2) is 0 Å². The van der Waals surface area contributed by atoms with E-state index in [9.17, 15) is 0 Å². The van der Waals surface area contributed by atoms with Gasteiger partial charge < -0.3 is 10.6 Å². The molecular weight excluding hydrogens is 214 g/mol. The number of rotatable bonds is 4. The van der Waals surface area contributed by atoms with Crippen molar-refractivity contribution in [3.8, 4) is 6.07 Å². The van der Waals surface area contributed by atoms with Crippen molar-refractivity contribution >= 4 is 5.82 Å². The van der Waals surface area contributed by atoms with E-state index in [4.69, 9.17) is 5.26 Å². The third-order valence-corrected chi connectivity index (χ3v) is 2.74. The van der Waals surface area contributed by atoms with Crippen LogP contribution in [-0.4, -0.2) is 29.8 Å². The monoisotopic (exact) mass is 229 g/mol. The highest BCUT2D eigenvalue weighted by molar-refractivity contribution is 5.50. The second-order valence-electron chi connectivity index (χ2n) is 3.90. The highest BCUT2D eigenvalue weighted by atomic mass is 15.2. The Balaban J connectivity index is 1.86. The topological polar surface area (TPSA) is 73.6 Å². The number of hydrogen-bond acceptors (Lipinski definition) is 5. The predicted octanol–water partition coefficient (Wildman–Crippen LogP) is 1.07. The SMILES string of the molecule is N#Cc1ccnnc1NCCC1=CCNCC1. The van der Waals surface area contributed by atoms with Crippen LogP contribution in [0.25, 0.3) is 0 Å². The molecule has 0 radical (unpaired) electrons. The van der Waals surface area contributed by atoms with Crippen molar-refractivity contribution in [3.63, 3.8) is 0 Å². The third-order valence-electron chi connectivity index (χ3n) is 2.74. The highest BCUT2D eigenvalue weighted by Crippen LogP contribution is 2.12. The summed E-state index contributed by atoms with van der Waals surface area (Å²) in [6.45, 7) is 2.81. The molecule has 0 fully saturated rings. The van der Waals surface area contributed by atoms with E-state index < -0.39 is 0 Å². The van der Waals surface area contributed by atoms with Crippen molar-refractivity contribution in [2.24, 2.45) is 0 Å². The van der Waals surface area contributed by atoms with Gasteiger partial charge in [-0.05, 0) is 25.5 Å².